The molecule has 0 amide bonds. The van der Waals surface area contributed by atoms with E-state index in [9.17, 15) is 9.59 Å². The van der Waals surface area contributed by atoms with Gasteiger partial charge in [0.15, 0.2) is 0 Å². The maximum Gasteiger partial charge on any atom is 0.348 e. The predicted octanol–water partition coefficient (Wildman–Crippen LogP) is 8.88. The Kier molecular flexibility index (Phi) is 7.79. The van der Waals surface area contributed by atoms with Crippen LogP contribution < -0.4 is 4.74 Å². The lowest BCUT2D eigenvalue weighted by Crippen LogP contribution is -2.11. The second kappa shape index (κ2) is 11.2. The molecule has 0 radical (unpaired) electrons. The molecule has 4 aromatic rings. The highest BCUT2D eigenvalue weighted by atomic mass is 79.9. The topological polar surface area (TPSA) is 52.6 Å². The highest BCUT2D eigenvalue weighted by Gasteiger charge is 2.36. The molecule has 188 valence electrons. The first-order chi connectivity index (χ1) is 18.4. The van der Waals surface area contributed by atoms with Gasteiger partial charge in [0.25, 0.3) is 0 Å². The van der Waals surface area contributed by atoms with Crippen LogP contribution in [0.3, 0.4) is 0 Å². The molecule has 0 unspecified atom stereocenters. The number of ketones is 1. The molecule has 0 spiro atoms. The van der Waals surface area contributed by atoms with Gasteiger partial charge < -0.3 is 9.47 Å². The summed E-state index contributed by atoms with van der Waals surface area (Å²) in [6.45, 7) is 0. The molecule has 1 aliphatic rings. The molecule has 0 fully saturated rings. The number of carbonyl (C=O) groups excluding carboxylic acids is 2. The highest BCUT2D eigenvalue weighted by Crippen LogP contribution is 2.40. The van der Waals surface area contributed by atoms with Gasteiger partial charge in [-0.05, 0) is 84.5 Å². The van der Waals surface area contributed by atoms with Crippen LogP contribution in [0.2, 0.25) is 0 Å². The molecule has 1 heterocycles. The van der Waals surface area contributed by atoms with Crippen molar-refractivity contribution in [3.8, 4) is 16.9 Å². The van der Waals surface area contributed by atoms with Crippen LogP contribution in [-0.2, 0) is 9.53 Å². The molecule has 0 saturated carbocycles. The maximum absolute atomic E-state index is 13.7. The zero-order valence-electron chi connectivity index (χ0n) is 20.0. The minimum absolute atomic E-state index is 0.0246. The fourth-order valence-electron chi connectivity index (χ4n) is 4.22. The van der Waals surface area contributed by atoms with Crippen LogP contribution in [0.25, 0.3) is 22.8 Å². The summed E-state index contributed by atoms with van der Waals surface area (Å²) < 4.78 is 13.1. The largest absolute Gasteiger partial charge is 0.494 e. The molecule has 0 aliphatic carbocycles. The number of rotatable bonds is 6. The summed E-state index contributed by atoms with van der Waals surface area (Å²) in [5.74, 6) is -0.264. The van der Waals surface area contributed by atoms with Gasteiger partial charge in [-0.2, -0.15) is 0 Å². The van der Waals surface area contributed by atoms with Crippen molar-refractivity contribution >= 4 is 71.2 Å². The van der Waals surface area contributed by atoms with E-state index >= 15 is 0 Å². The number of Topliss-reactive ketones (excluding diaryl/α,β-unsaturated/α-hetero) is 1. The summed E-state index contributed by atoms with van der Waals surface area (Å²) in [5, 5.41) is 0. The number of hydrogen-bond acceptors (Lipinski definition) is 4. The van der Waals surface area contributed by atoms with Gasteiger partial charge in [-0.3, -0.25) is 4.79 Å². The fourth-order valence-corrected chi connectivity index (χ4v) is 6.00. The van der Waals surface area contributed by atoms with Crippen LogP contribution in [0.15, 0.2) is 116 Å². The predicted molar refractivity (Wildman–Crippen MR) is 160 cm³/mol. The van der Waals surface area contributed by atoms with E-state index in [0.29, 0.717) is 37.2 Å². The number of esters is 1. The normalized spacial score (nSPS) is 14.1. The second-order valence-electron chi connectivity index (χ2n) is 8.45. The van der Waals surface area contributed by atoms with Crippen molar-refractivity contribution in [1.82, 2.24) is 0 Å². The van der Waals surface area contributed by atoms with E-state index in [1.165, 1.54) is 7.11 Å². The van der Waals surface area contributed by atoms with Crippen LogP contribution in [0.4, 0.5) is 0 Å². The van der Waals surface area contributed by atoms with Crippen LogP contribution in [0.1, 0.15) is 21.5 Å². The highest BCUT2D eigenvalue weighted by molar-refractivity contribution is 9.11. The minimum atomic E-state index is -0.692. The molecular weight excluding hydrogens is 676 g/mol. The van der Waals surface area contributed by atoms with Crippen molar-refractivity contribution in [3.05, 3.63) is 132 Å². The number of methoxy groups -OCH3 is 1. The summed E-state index contributed by atoms with van der Waals surface area (Å²) in [6, 6.07) is 28.7. The van der Waals surface area contributed by atoms with Gasteiger partial charge in [-0.15, -0.1) is 0 Å². The summed E-state index contributed by atoms with van der Waals surface area (Å²) in [4.78, 5) is 26.9. The van der Waals surface area contributed by atoms with E-state index in [2.05, 4.69) is 47.8 Å². The van der Waals surface area contributed by atoms with Gasteiger partial charge in [-0.1, -0.05) is 82.7 Å². The molecule has 0 saturated heterocycles. The molecule has 0 aromatic heterocycles. The molecule has 0 atom stereocenters. The van der Waals surface area contributed by atoms with Crippen LogP contribution in [-0.4, -0.2) is 18.9 Å². The molecule has 4 aromatic carbocycles. The Morgan fingerprint density at radius 1 is 0.789 bits per heavy atom. The van der Waals surface area contributed by atoms with E-state index in [0.717, 1.165) is 21.2 Å². The lowest BCUT2D eigenvalue weighted by molar-refractivity contribution is -0.132. The summed E-state index contributed by atoms with van der Waals surface area (Å²) >= 11 is 10.3. The first-order valence-corrected chi connectivity index (χ1v) is 13.9. The lowest BCUT2D eigenvalue weighted by atomic mass is 9.93. The first kappa shape index (κ1) is 26.4. The first-order valence-electron chi connectivity index (χ1n) is 11.5. The zero-order chi connectivity index (χ0) is 26.8. The Hall–Kier alpha value is -3.26. The Morgan fingerprint density at radius 2 is 1.37 bits per heavy atom. The molecule has 1 aliphatic heterocycles. The van der Waals surface area contributed by atoms with E-state index in [4.69, 9.17) is 9.47 Å². The van der Waals surface area contributed by atoms with E-state index < -0.39 is 11.8 Å². The molecule has 4 nitrogen and oxygen atoms in total. The van der Waals surface area contributed by atoms with Crippen LogP contribution in [0.5, 0.6) is 5.75 Å². The van der Waals surface area contributed by atoms with Crippen molar-refractivity contribution in [2.45, 2.75) is 0 Å². The number of hydrogen-bond donors (Lipinski definition) is 0. The summed E-state index contributed by atoms with van der Waals surface area (Å²) in [7, 11) is 1.54. The monoisotopic (exact) mass is 692 g/mol. The van der Waals surface area contributed by atoms with Crippen molar-refractivity contribution in [2.24, 2.45) is 0 Å². The van der Waals surface area contributed by atoms with Crippen molar-refractivity contribution in [3.63, 3.8) is 0 Å². The van der Waals surface area contributed by atoms with E-state index in [-0.39, 0.29) is 5.57 Å². The molecule has 5 rings (SSSR count). The summed E-state index contributed by atoms with van der Waals surface area (Å²) in [6.07, 6.45) is 1.78. The van der Waals surface area contributed by atoms with Crippen LogP contribution in [0, 0.1) is 0 Å². The van der Waals surface area contributed by atoms with Crippen molar-refractivity contribution < 1.29 is 19.1 Å². The van der Waals surface area contributed by atoms with Gasteiger partial charge in [-0.25, -0.2) is 4.79 Å². The number of cyclic esters (lactones) is 1. The van der Waals surface area contributed by atoms with Gasteiger partial charge in [0.1, 0.15) is 17.1 Å². The molecule has 0 N–H and O–H groups in total. The van der Waals surface area contributed by atoms with Crippen molar-refractivity contribution in [2.75, 3.05) is 7.11 Å². The molecule has 7 heteroatoms. The standard InChI is InChI=1S/C31H19Br3O4/c1-37-30-24(33)16-22(17-25(30)34)29(35)28-27(21-11-13-23(32)14-12-21)26(38-31(28)36)15-18-7-9-20(10-8-18)19-5-3-2-4-6-19/h2-17H,1H3/b26-15-. The smallest absolute Gasteiger partial charge is 0.348 e. The molecule has 0 bridgehead atoms. The lowest BCUT2D eigenvalue weighted by Gasteiger charge is -2.10. The average molecular weight is 695 g/mol. The number of ether oxygens (including phenoxy) is 2. The minimum Gasteiger partial charge on any atom is -0.494 e. The summed E-state index contributed by atoms with van der Waals surface area (Å²) in [5.41, 5.74) is 4.46. The second-order valence-corrected chi connectivity index (χ2v) is 11.1. The number of halogens is 3. The third-order valence-electron chi connectivity index (χ3n) is 6.04. The third kappa shape index (κ3) is 5.32. The van der Waals surface area contributed by atoms with E-state index in [1.807, 2.05) is 78.9 Å². The van der Waals surface area contributed by atoms with Gasteiger partial charge in [0.2, 0.25) is 5.78 Å². The van der Waals surface area contributed by atoms with Crippen molar-refractivity contribution in [1.29, 1.82) is 0 Å². The molecular formula is C31H19Br3O4. The number of allylic oxidation sites excluding steroid dienone is 1. The van der Waals surface area contributed by atoms with Crippen LogP contribution >= 0.6 is 47.8 Å². The van der Waals surface area contributed by atoms with Gasteiger partial charge >= 0.3 is 5.97 Å². The Bertz CT molecular complexity index is 1580. The van der Waals surface area contributed by atoms with E-state index in [1.54, 1.807) is 18.2 Å². The Morgan fingerprint density at radius 3 is 1.97 bits per heavy atom. The molecule has 38 heavy (non-hydrogen) atoms. The zero-order valence-corrected chi connectivity index (χ0v) is 24.8. The maximum atomic E-state index is 13.7. The third-order valence-corrected chi connectivity index (χ3v) is 7.75. The number of benzene rings is 4. The Labute approximate surface area is 245 Å². The Balaban J connectivity index is 1.61. The number of carbonyl (C=O) groups is 2. The SMILES string of the molecule is COc1c(Br)cc(C(=O)C2=C(c3ccc(Br)cc3)/C(=C/c3ccc(-c4ccccc4)cc3)OC2=O)cc1Br. The average Bonchev–Trinajstić information content (AvgIpc) is 3.24. The van der Waals surface area contributed by atoms with Gasteiger partial charge in [0, 0.05) is 15.6 Å². The fraction of sp³-hybridized carbons (Fsp3) is 0.0323. The quantitative estimate of drug-likeness (QED) is 0.115. The van der Waals surface area contributed by atoms with Gasteiger partial charge in [0.05, 0.1) is 16.1 Å².